The Balaban J connectivity index is 0.976. The van der Waals surface area contributed by atoms with Crippen LogP contribution in [0.25, 0.3) is 0 Å². The van der Waals surface area contributed by atoms with E-state index in [4.69, 9.17) is 29.8 Å². The first kappa shape index (κ1) is 95.5. The first-order valence-electron chi connectivity index (χ1n) is 47.2. The molecule has 12 rings (SSSR count). The van der Waals surface area contributed by atoms with Crippen molar-refractivity contribution in [2.45, 2.75) is 519 Å². The van der Waals surface area contributed by atoms with Gasteiger partial charge < -0.3 is 78.1 Å². The zero-order valence-corrected chi connectivity index (χ0v) is 83.2. The molecule has 9 saturated heterocycles. The van der Waals surface area contributed by atoms with Gasteiger partial charge in [0.25, 0.3) is 0 Å². The molecule has 0 saturated carbocycles. The molecule has 12 heterocycles. The van der Waals surface area contributed by atoms with Crippen molar-refractivity contribution < 1.29 is 14.5 Å². The molecule has 0 radical (unpaired) electrons. The molecule has 12 aliphatic rings. The van der Waals surface area contributed by atoms with Crippen molar-refractivity contribution in [3.05, 3.63) is 35.7 Å². The molecular weight excluding hydrogens is 1510 g/mol. The molecule has 0 aromatic rings. The fourth-order valence-corrected chi connectivity index (χ4v) is 27.2. The van der Waals surface area contributed by atoms with Crippen LogP contribution in [0.4, 0.5) is 0 Å². The third-order valence-corrected chi connectivity index (χ3v) is 27.1. The van der Waals surface area contributed by atoms with Crippen molar-refractivity contribution in [2.75, 3.05) is 26.2 Å². The van der Waals surface area contributed by atoms with Gasteiger partial charge in [0.1, 0.15) is 17.5 Å². The van der Waals surface area contributed by atoms with Crippen molar-refractivity contribution in [2.24, 2.45) is 15.3 Å². The van der Waals surface area contributed by atoms with E-state index >= 15 is 0 Å². The first-order valence-corrected chi connectivity index (χ1v) is 47.2. The summed E-state index contributed by atoms with van der Waals surface area (Å²) in [6, 6.07) is 0.948. The summed E-state index contributed by atoms with van der Waals surface area (Å²) in [5, 5.41) is 66.7. The van der Waals surface area contributed by atoms with Gasteiger partial charge in [0, 0.05) is 180 Å². The Labute approximate surface area is 734 Å². The van der Waals surface area contributed by atoms with Crippen molar-refractivity contribution in [1.82, 2.24) is 110 Å². The maximum Gasteiger partial charge on any atom is 0.157 e. The van der Waals surface area contributed by atoms with Crippen LogP contribution in [-0.4, -0.2) is 233 Å². The smallest absolute Gasteiger partial charge is 0.157 e. The molecule has 0 unspecified atom stereocenters. The molecule has 0 bridgehead atoms. The Morgan fingerprint density at radius 1 is 0.264 bits per heavy atom. The Bertz CT molecular complexity index is 3430. The van der Waals surface area contributed by atoms with Crippen LogP contribution in [0.1, 0.15) is 365 Å². The average molecular weight is 1690 g/mol. The molecule has 0 spiro atoms. The van der Waals surface area contributed by atoms with E-state index in [0.717, 1.165) is 151 Å². The second-order valence-electron chi connectivity index (χ2n) is 52.1. The second kappa shape index (κ2) is 32.8. The van der Waals surface area contributed by atoms with E-state index in [1.165, 1.54) is 0 Å². The van der Waals surface area contributed by atoms with E-state index in [0.29, 0.717) is 26.2 Å². The number of amidine groups is 3. The number of piperidine rings is 9. The van der Waals surface area contributed by atoms with Crippen molar-refractivity contribution in [3.8, 4) is 0 Å². The molecule has 0 aliphatic carbocycles. The van der Waals surface area contributed by atoms with Crippen LogP contribution in [0.15, 0.2) is 51.0 Å². The summed E-state index contributed by atoms with van der Waals surface area (Å²) < 4.78 is 0. The van der Waals surface area contributed by atoms with E-state index in [9.17, 15) is 0 Å². The molecule has 692 valence electrons. The lowest BCUT2D eigenvalue weighted by molar-refractivity contribution is -0.245. The second-order valence-corrected chi connectivity index (χ2v) is 52.1. The van der Waals surface area contributed by atoms with Gasteiger partial charge in [-0.1, -0.05) is 15.8 Å². The predicted molar refractivity (Wildman–Crippen MR) is 497 cm³/mol. The number of rotatable bonds is 21. The highest BCUT2D eigenvalue weighted by Gasteiger charge is 2.54. The molecule has 27 nitrogen and oxygen atoms in total. The highest BCUT2D eigenvalue weighted by Crippen LogP contribution is 2.45. The monoisotopic (exact) mass is 1690 g/mol. The minimum absolute atomic E-state index is 0.126. The van der Waals surface area contributed by atoms with Gasteiger partial charge >= 0.3 is 0 Å². The largest absolute Gasteiger partial charge is 0.369 e. The predicted octanol–water partition coefficient (Wildman–Crippen LogP) is 12.9. The fourth-order valence-electron chi connectivity index (χ4n) is 27.2. The van der Waals surface area contributed by atoms with Gasteiger partial charge in [0.15, 0.2) is 17.5 Å². The standard InChI is InChI=1S/C94H178N24O3/c1-77(2)44-62(45-78(3,4)103-77)113(63-46-79(5,6)104-80(7,8)47-63)74-41-71(97-116(100-74)119-68-56-89(25,26)109-90(27,28)57-68)95-37-39-112(73-43-76(102-118(99-73)121-70-60-93(33,34)111-94(35,36)61-70)115(66-52-85(17,18)107-86(19,20)53-66)67-54-87(21,22)108-88(23,24)55-67)40-38-96-72-42-75(101-117(98-72)120-69-58-91(29,30)110-92(31,32)59-69)114(64-48-81(9,10)105-82(11,12)49-64)65-50-83(13,14)106-84(15,16)51-65/h41-43,62-70,95-99,103-111H,37-40,44-61H2,1-36H3. The van der Waals surface area contributed by atoms with Gasteiger partial charge in [0.2, 0.25) is 0 Å². The van der Waals surface area contributed by atoms with Crippen molar-refractivity contribution in [3.63, 3.8) is 0 Å². The van der Waals surface area contributed by atoms with Gasteiger partial charge in [-0.3, -0.25) is 0 Å². The zero-order valence-electron chi connectivity index (χ0n) is 83.2. The summed E-state index contributed by atoms with van der Waals surface area (Å²) in [7, 11) is 0. The van der Waals surface area contributed by atoms with Crippen molar-refractivity contribution >= 4 is 17.5 Å². The molecule has 0 amide bonds. The number of hydrazine groups is 3. The molecule has 121 heavy (non-hydrogen) atoms. The minimum atomic E-state index is -0.194. The summed E-state index contributed by atoms with van der Waals surface area (Å²) in [5.41, 5.74) is 8.73. The number of nitrogens with one attached hydrogen (secondary N) is 14. The van der Waals surface area contributed by atoms with Gasteiger partial charge in [0.05, 0.1) is 18.3 Å². The third-order valence-electron chi connectivity index (χ3n) is 27.1. The fraction of sp³-hybridized carbons (Fsp3) is 0.904. The molecule has 0 atom stereocenters. The van der Waals surface area contributed by atoms with Gasteiger partial charge in [-0.05, 0) is 365 Å². The highest BCUT2D eigenvalue weighted by molar-refractivity contribution is 5.95. The summed E-state index contributed by atoms with van der Waals surface area (Å²) in [6.07, 6.45) is 22.7. The van der Waals surface area contributed by atoms with Crippen LogP contribution in [0, 0.1) is 0 Å². The summed E-state index contributed by atoms with van der Waals surface area (Å²) >= 11 is 0. The Kier molecular flexibility index (Phi) is 25.9. The maximum absolute atomic E-state index is 7.48. The first-order chi connectivity index (χ1) is 54.8. The maximum atomic E-state index is 7.48. The van der Waals surface area contributed by atoms with E-state index in [1.807, 2.05) is 0 Å². The number of hydrogen-bond donors (Lipinski definition) is 14. The van der Waals surface area contributed by atoms with E-state index < -0.39 is 0 Å². The summed E-state index contributed by atoms with van der Waals surface area (Å²) in [5.74, 6) is 5.23. The highest BCUT2D eigenvalue weighted by atomic mass is 16.8. The van der Waals surface area contributed by atoms with Crippen LogP contribution in [0.2, 0.25) is 0 Å². The van der Waals surface area contributed by atoms with Crippen LogP contribution in [-0.2, 0) is 14.5 Å². The van der Waals surface area contributed by atoms with Crippen LogP contribution >= 0.6 is 0 Å². The van der Waals surface area contributed by atoms with Crippen LogP contribution in [0.5, 0.6) is 0 Å². The van der Waals surface area contributed by atoms with E-state index in [2.05, 4.69) is 362 Å². The molecule has 9 fully saturated rings. The molecule has 0 aromatic heterocycles. The van der Waals surface area contributed by atoms with Crippen LogP contribution < -0.4 is 74.8 Å². The van der Waals surface area contributed by atoms with Gasteiger partial charge in [-0.25, -0.2) is 30.8 Å². The Hall–Kier alpha value is -4.65. The van der Waals surface area contributed by atoms with E-state index in [-0.39, 0.29) is 154 Å². The average Bonchev–Trinajstić information content (AvgIpc) is 0.788. The number of hydrazone groups is 3. The normalized spacial score (nSPS) is 29.8. The third kappa shape index (κ3) is 25.9. The SMILES string of the molecule is CC1(C)CC(ON2N=C(N(C3CC(C)(C)NC(C)(C)C3)C3CC(C)(C)NC(C)(C)C3)C=C(NCCN(CCNC3=CC(N(C4CC(C)(C)NC(C)(C)C4)C4CC(C)(C)NC(C)(C)C4)=NN(OC4CC(C)(C)NC(C)(C)C4)N3)C3=CC(N(C4CC(C)(C)NC(C)(C)C4)C4CC(C)(C)NC(C)(C)C4)=NN(OC4CC(C)(C)NC(C)(C)C4)N3)N2)CC(C)(C)N1. The van der Waals surface area contributed by atoms with Gasteiger partial charge in [-0.15, -0.1) is 15.3 Å². The minimum Gasteiger partial charge on any atom is -0.369 e. The number of nitrogens with zero attached hydrogens (tertiary/aromatic N) is 10. The molecule has 14 N–H and O–H groups in total. The molecule has 12 aliphatic heterocycles. The Morgan fingerprint density at radius 3 is 0.636 bits per heavy atom. The van der Waals surface area contributed by atoms with Crippen LogP contribution in [0.3, 0.4) is 0 Å². The topological polar surface area (TPSA) is 256 Å². The lowest BCUT2D eigenvalue weighted by Crippen LogP contribution is -2.68. The summed E-state index contributed by atoms with van der Waals surface area (Å²) in [4.78, 5) is 32.8. The zero-order chi connectivity index (χ0) is 89.5. The van der Waals surface area contributed by atoms with E-state index in [1.54, 1.807) is 15.8 Å². The molecule has 0 aromatic carbocycles. The van der Waals surface area contributed by atoms with Crippen molar-refractivity contribution in [1.29, 1.82) is 0 Å². The molecule has 27 heteroatoms. The number of hydrogen-bond acceptors (Lipinski definition) is 27. The Morgan fingerprint density at radius 2 is 0.438 bits per heavy atom. The molecular formula is C94H178N24O3. The quantitative estimate of drug-likeness (QED) is 0.0510. The lowest BCUT2D eigenvalue weighted by atomic mass is 9.75. The van der Waals surface area contributed by atoms with Gasteiger partial charge in [-0.2, -0.15) is 0 Å². The lowest BCUT2D eigenvalue weighted by Gasteiger charge is -2.56. The summed E-state index contributed by atoms with van der Waals surface area (Å²) in [6.45, 7) is 86.9.